The van der Waals surface area contributed by atoms with Gasteiger partial charge in [0.15, 0.2) is 12.4 Å². The lowest BCUT2D eigenvalue weighted by Gasteiger charge is -2.10. The normalized spacial score (nSPS) is 10.4. The highest BCUT2D eigenvalue weighted by atomic mass is 32.1. The van der Waals surface area contributed by atoms with E-state index >= 15 is 0 Å². The molecule has 0 aliphatic heterocycles. The van der Waals surface area contributed by atoms with Gasteiger partial charge in [-0.05, 0) is 48.6 Å². The number of esters is 1. The summed E-state index contributed by atoms with van der Waals surface area (Å²) in [5.74, 6) is -2.42. The number of nitrogens with two attached hydrogens (primary N) is 1. The molecule has 0 atom stereocenters. The molecule has 1 heterocycles. The number of ether oxygens (including phenoxy) is 1. The highest BCUT2D eigenvalue weighted by Crippen LogP contribution is 2.23. The zero-order chi connectivity index (χ0) is 22.5. The second-order valence-electron chi connectivity index (χ2n) is 6.83. The van der Waals surface area contributed by atoms with Crippen LogP contribution < -0.4 is 11.1 Å². The van der Waals surface area contributed by atoms with Crippen LogP contribution in [0.1, 0.15) is 47.8 Å². The van der Waals surface area contributed by atoms with Gasteiger partial charge in [-0.15, -0.1) is 11.3 Å². The van der Waals surface area contributed by atoms with E-state index < -0.39 is 24.4 Å². The van der Waals surface area contributed by atoms with Crippen LogP contribution in [0.5, 0.6) is 0 Å². The summed E-state index contributed by atoms with van der Waals surface area (Å²) in [5.41, 5.74) is 8.14. The number of benzene rings is 2. The molecule has 3 rings (SSSR count). The molecular formula is C23H20N2O5S. The molecule has 158 valence electrons. The first-order valence-corrected chi connectivity index (χ1v) is 10.2. The van der Waals surface area contributed by atoms with Crippen molar-refractivity contribution in [3.8, 4) is 0 Å². The summed E-state index contributed by atoms with van der Waals surface area (Å²) in [5, 5.41) is 4.37. The number of ketones is 1. The Morgan fingerprint density at radius 3 is 2.32 bits per heavy atom. The lowest BCUT2D eigenvalue weighted by molar-refractivity contribution is -0.119. The van der Waals surface area contributed by atoms with Gasteiger partial charge in [-0.1, -0.05) is 30.3 Å². The van der Waals surface area contributed by atoms with E-state index in [4.69, 9.17) is 10.5 Å². The first kappa shape index (κ1) is 21.9. The number of hydrogen-bond acceptors (Lipinski definition) is 6. The molecule has 0 spiro atoms. The Hall–Kier alpha value is -3.78. The highest BCUT2D eigenvalue weighted by Gasteiger charge is 2.21. The monoisotopic (exact) mass is 436 g/mol. The summed E-state index contributed by atoms with van der Waals surface area (Å²) in [6.45, 7) is 3.27. The third kappa shape index (κ3) is 5.04. The SMILES string of the molecule is Cc1ccc(C(=O)c2ccccc2C(=O)OCC(=O)Nc2sccc2C(N)=O)cc1C. The maximum absolute atomic E-state index is 13.0. The van der Waals surface area contributed by atoms with Crippen LogP contribution in [0.15, 0.2) is 53.9 Å². The Morgan fingerprint density at radius 2 is 1.65 bits per heavy atom. The van der Waals surface area contributed by atoms with Gasteiger partial charge in [0.1, 0.15) is 5.00 Å². The van der Waals surface area contributed by atoms with Crippen molar-refractivity contribution in [2.75, 3.05) is 11.9 Å². The molecule has 0 unspecified atom stereocenters. The molecule has 0 radical (unpaired) electrons. The standard InChI is InChI=1S/C23H20N2O5S/c1-13-7-8-15(11-14(13)2)20(27)16-5-3-4-6-17(16)23(29)30-12-19(26)25-22-18(21(24)28)9-10-31-22/h3-11H,12H2,1-2H3,(H2,24,28)(H,25,26). The number of carbonyl (C=O) groups is 4. The van der Waals surface area contributed by atoms with Crippen LogP contribution in [0.3, 0.4) is 0 Å². The van der Waals surface area contributed by atoms with E-state index in [-0.39, 0.29) is 27.5 Å². The van der Waals surface area contributed by atoms with Gasteiger partial charge in [0.2, 0.25) is 0 Å². The summed E-state index contributed by atoms with van der Waals surface area (Å²) < 4.78 is 5.09. The Morgan fingerprint density at radius 1 is 0.935 bits per heavy atom. The maximum atomic E-state index is 13.0. The number of hydrogen-bond donors (Lipinski definition) is 2. The first-order chi connectivity index (χ1) is 14.8. The van der Waals surface area contributed by atoms with Crippen LogP contribution in [0, 0.1) is 13.8 Å². The van der Waals surface area contributed by atoms with E-state index in [1.807, 2.05) is 19.9 Å². The number of aryl methyl sites for hydroxylation is 2. The Balaban J connectivity index is 1.72. The third-order valence-electron chi connectivity index (χ3n) is 4.68. The Labute approximate surface area is 182 Å². The second-order valence-corrected chi connectivity index (χ2v) is 7.74. The second kappa shape index (κ2) is 9.36. The molecule has 0 saturated carbocycles. The molecule has 0 saturated heterocycles. The molecule has 2 aromatic carbocycles. The van der Waals surface area contributed by atoms with Crippen LogP contribution in [0.4, 0.5) is 5.00 Å². The average molecular weight is 436 g/mol. The van der Waals surface area contributed by atoms with Gasteiger partial charge in [0, 0.05) is 11.1 Å². The molecular weight excluding hydrogens is 416 g/mol. The number of nitrogens with one attached hydrogen (secondary N) is 1. The molecule has 8 heteroatoms. The number of amides is 2. The Kier molecular flexibility index (Phi) is 6.61. The molecule has 7 nitrogen and oxygen atoms in total. The predicted molar refractivity (Wildman–Crippen MR) is 118 cm³/mol. The van der Waals surface area contributed by atoms with Crippen molar-refractivity contribution < 1.29 is 23.9 Å². The van der Waals surface area contributed by atoms with Crippen LogP contribution in [-0.4, -0.2) is 30.2 Å². The summed E-state index contributed by atoms with van der Waals surface area (Å²) in [4.78, 5) is 49.0. The molecule has 31 heavy (non-hydrogen) atoms. The zero-order valence-electron chi connectivity index (χ0n) is 16.9. The molecule has 3 N–H and O–H groups in total. The van der Waals surface area contributed by atoms with E-state index in [2.05, 4.69) is 5.32 Å². The molecule has 0 aliphatic carbocycles. The van der Waals surface area contributed by atoms with Crippen molar-refractivity contribution in [2.45, 2.75) is 13.8 Å². The van der Waals surface area contributed by atoms with E-state index in [9.17, 15) is 19.2 Å². The van der Waals surface area contributed by atoms with Gasteiger partial charge < -0.3 is 15.8 Å². The van der Waals surface area contributed by atoms with Crippen molar-refractivity contribution in [2.24, 2.45) is 5.73 Å². The minimum atomic E-state index is -0.802. The van der Waals surface area contributed by atoms with Gasteiger partial charge in [0.25, 0.3) is 11.8 Å². The van der Waals surface area contributed by atoms with E-state index in [0.717, 1.165) is 22.5 Å². The van der Waals surface area contributed by atoms with Crippen molar-refractivity contribution >= 4 is 39.9 Å². The minimum Gasteiger partial charge on any atom is -0.452 e. The van der Waals surface area contributed by atoms with Crippen LogP contribution in [0.25, 0.3) is 0 Å². The minimum absolute atomic E-state index is 0.0625. The largest absolute Gasteiger partial charge is 0.452 e. The van der Waals surface area contributed by atoms with Gasteiger partial charge >= 0.3 is 5.97 Å². The van der Waals surface area contributed by atoms with Crippen molar-refractivity contribution in [3.63, 3.8) is 0 Å². The van der Waals surface area contributed by atoms with Crippen molar-refractivity contribution in [3.05, 3.63) is 87.3 Å². The topological polar surface area (TPSA) is 116 Å². The summed E-state index contributed by atoms with van der Waals surface area (Å²) in [7, 11) is 0. The maximum Gasteiger partial charge on any atom is 0.339 e. The smallest absolute Gasteiger partial charge is 0.339 e. The molecule has 2 amide bonds. The van der Waals surface area contributed by atoms with E-state index in [1.54, 1.807) is 35.7 Å². The quantitative estimate of drug-likeness (QED) is 0.434. The summed E-state index contributed by atoms with van der Waals surface area (Å²) >= 11 is 1.12. The fourth-order valence-corrected chi connectivity index (χ4v) is 3.68. The van der Waals surface area contributed by atoms with Crippen LogP contribution >= 0.6 is 11.3 Å². The predicted octanol–water partition coefficient (Wildman–Crippen LogP) is 3.49. The summed E-state index contributed by atoms with van der Waals surface area (Å²) in [6, 6.07) is 13.1. The molecule has 0 aliphatic rings. The molecule has 3 aromatic rings. The van der Waals surface area contributed by atoms with E-state index in [1.165, 1.54) is 12.1 Å². The average Bonchev–Trinajstić information content (AvgIpc) is 3.22. The first-order valence-electron chi connectivity index (χ1n) is 9.33. The van der Waals surface area contributed by atoms with Crippen molar-refractivity contribution in [1.82, 2.24) is 0 Å². The lowest BCUT2D eigenvalue weighted by Crippen LogP contribution is -2.23. The van der Waals surface area contributed by atoms with Crippen LogP contribution in [0.2, 0.25) is 0 Å². The van der Waals surface area contributed by atoms with Gasteiger partial charge in [-0.25, -0.2) is 4.79 Å². The molecule has 0 fully saturated rings. The zero-order valence-corrected chi connectivity index (χ0v) is 17.7. The number of primary amides is 1. The number of anilines is 1. The summed E-state index contributed by atoms with van der Waals surface area (Å²) in [6.07, 6.45) is 0. The molecule has 1 aromatic heterocycles. The third-order valence-corrected chi connectivity index (χ3v) is 5.51. The lowest BCUT2D eigenvalue weighted by atomic mass is 9.96. The fraction of sp³-hybridized carbons (Fsp3) is 0.130. The van der Waals surface area contributed by atoms with Gasteiger partial charge in [-0.2, -0.15) is 0 Å². The number of thiophene rings is 1. The Bertz CT molecular complexity index is 1180. The number of rotatable bonds is 7. The van der Waals surface area contributed by atoms with E-state index in [0.29, 0.717) is 5.56 Å². The van der Waals surface area contributed by atoms with Gasteiger partial charge in [-0.3, -0.25) is 14.4 Å². The van der Waals surface area contributed by atoms with Crippen molar-refractivity contribution in [1.29, 1.82) is 0 Å². The van der Waals surface area contributed by atoms with Crippen LogP contribution in [-0.2, 0) is 9.53 Å². The molecule has 0 bridgehead atoms. The number of carbonyl (C=O) groups excluding carboxylic acids is 4. The fourth-order valence-electron chi connectivity index (χ4n) is 2.87. The highest BCUT2D eigenvalue weighted by molar-refractivity contribution is 7.14. The van der Waals surface area contributed by atoms with Gasteiger partial charge in [0.05, 0.1) is 11.1 Å².